The number of para-hydroxylation sites is 1. The van der Waals surface area contributed by atoms with Crippen molar-refractivity contribution < 1.29 is 17.9 Å². The van der Waals surface area contributed by atoms with Crippen molar-refractivity contribution >= 4 is 15.9 Å². The smallest absolute Gasteiger partial charge is 0.272 e. The van der Waals surface area contributed by atoms with E-state index >= 15 is 0 Å². The average molecular weight is 362 g/mol. The number of hydrogen-bond donors (Lipinski definition) is 2. The molecule has 6 nitrogen and oxygen atoms in total. The molecule has 2 rings (SSSR count). The number of ether oxygens (including phenoxy) is 1. The molecular formula is C18H22N2O4S. The van der Waals surface area contributed by atoms with Gasteiger partial charge in [-0.25, -0.2) is 8.42 Å². The highest BCUT2D eigenvalue weighted by molar-refractivity contribution is 7.89. The number of rotatable bonds is 7. The summed E-state index contributed by atoms with van der Waals surface area (Å²) in [5.74, 6) is 0.266. The molecule has 0 aliphatic carbocycles. The molecule has 0 fully saturated rings. The van der Waals surface area contributed by atoms with Crippen LogP contribution < -0.4 is 15.0 Å². The van der Waals surface area contributed by atoms with Crippen LogP contribution in [0.25, 0.3) is 0 Å². The molecule has 0 unspecified atom stereocenters. The van der Waals surface area contributed by atoms with Crippen LogP contribution in [0, 0.1) is 6.92 Å². The Morgan fingerprint density at radius 2 is 1.72 bits per heavy atom. The maximum Gasteiger partial charge on any atom is 0.272 e. The summed E-state index contributed by atoms with van der Waals surface area (Å²) in [6.07, 6.45) is 0. The van der Waals surface area contributed by atoms with Crippen LogP contribution in [0.15, 0.2) is 53.4 Å². The van der Waals surface area contributed by atoms with Crippen LogP contribution in [0.3, 0.4) is 0 Å². The van der Waals surface area contributed by atoms with E-state index in [2.05, 4.69) is 10.3 Å². The Bertz CT molecular complexity index is 830. The minimum absolute atomic E-state index is 0.0736. The summed E-state index contributed by atoms with van der Waals surface area (Å²) < 4.78 is 29.7. The quantitative estimate of drug-likeness (QED) is 0.741. The number of aryl methyl sites for hydroxylation is 1. The van der Waals surface area contributed by atoms with Crippen molar-refractivity contribution in [3.8, 4) is 5.75 Å². The van der Waals surface area contributed by atoms with Crippen molar-refractivity contribution in [2.45, 2.75) is 31.6 Å². The Morgan fingerprint density at radius 3 is 2.36 bits per heavy atom. The molecule has 2 aromatic rings. The molecule has 0 aromatic heterocycles. The van der Waals surface area contributed by atoms with Gasteiger partial charge in [0.05, 0.1) is 4.90 Å². The minimum Gasteiger partial charge on any atom is -0.483 e. The van der Waals surface area contributed by atoms with E-state index in [-0.39, 0.29) is 17.4 Å². The lowest BCUT2D eigenvalue weighted by Crippen LogP contribution is -2.43. The van der Waals surface area contributed by atoms with Gasteiger partial charge in [-0.3, -0.25) is 10.2 Å². The van der Waals surface area contributed by atoms with Crippen LogP contribution in [-0.2, 0) is 14.8 Å². The molecule has 0 radical (unpaired) electrons. The van der Waals surface area contributed by atoms with Gasteiger partial charge in [0.15, 0.2) is 6.61 Å². The number of benzene rings is 2. The van der Waals surface area contributed by atoms with Gasteiger partial charge >= 0.3 is 0 Å². The normalized spacial score (nSPS) is 11.4. The van der Waals surface area contributed by atoms with Gasteiger partial charge in [-0.15, -0.1) is 4.83 Å². The molecule has 2 N–H and O–H groups in total. The number of amides is 1. The molecule has 134 valence electrons. The largest absolute Gasteiger partial charge is 0.483 e. The Kier molecular flexibility index (Phi) is 6.17. The number of carbonyl (C=O) groups excluding carboxylic acids is 1. The Hall–Kier alpha value is -2.38. The third kappa shape index (κ3) is 5.30. The Balaban J connectivity index is 1.92. The molecule has 0 aliphatic rings. The predicted molar refractivity (Wildman–Crippen MR) is 95.7 cm³/mol. The van der Waals surface area contributed by atoms with Crippen molar-refractivity contribution in [3.05, 3.63) is 59.7 Å². The lowest BCUT2D eigenvalue weighted by Gasteiger charge is -2.14. The highest BCUT2D eigenvalue weighted by Gasteiger charge is 2.15. The number of hydrazine groups is 1. The number of hydrogen-bond acceptors (Lipinski definition) is 4. The molecule has 0 saturated carbocycles. The zero-order chi connectivity index (χ0) is 18.4. The maximum atomic E-state index is 12.1. The molecule has 7 heteroatoms. The van der Waals surface area contributed by atoms with Gasteiger partial charge < -0.3 is 4.74 Å². The van der Waals surface area contributed by atoms with Crippen LogP contribution >= 0.6 is 0 Å². The van der Waals surface area contributed by atoms with Crippen LogP contribution in [0.2, 0.25) is 0 Å². The van der Waals surface area contributed by atoms with Crippen LogP contribution in [-0.4, -0.2) is 20.9 Å². The molecule has 25 heavy (non-hydrogen) atoms. The molecule has 0 bridgehead atoms. The topological polar surface area (TPSA) is 84.5 Å². The van der Waals surface area contributed by atoms with E-state index in [9.17, 15) is 13.2 Å². The van der Waals surface area contributed by atoms with Crippen molar-refractivity contribution in [1.29, 1.82) is 0 Å². The number of nitrogens with one attached hydrogen (secondary N) is 2. The summed E-state index contributed by atoms with van der Waals surface area (Å²) in [6, 6.07) is 13.7. The molecule has 0 heterocycles. The second-order valence-electron chi connectivity index (χ2n) is 5.95. The third-order valence-corrected chi connectivity index (χ3v) is 4.82. The summed E-state index contributed by atoms with van der Waals surface area (Å²) in [7, 11) is -3.81. The van der Waals surface area contributed by atoms with Crippen LogP contribution in [0.4, 0.5) is 0 Å². The van der Waals surface area contributed by atoms with E-state index in [1.807, 2.05) is 39.0 Å². The van der Waals surface area contributed by atoms with Crippen molar-refractivity contribution in [3.63, 3.8) is 0 Å². The first kappa shape index (κ1) is 19.0. The average Bonchev–Trinajstić information content (AvgIpc) is 2.59. The van der Waals surface area contributed by atoms with E-state index in [1.165, 1.54) is 12.1 Å². The van der Waals surface area contributed by atoms with Gasteiger partial charge in [-0.2, -0.15) is 0 Å². The van der Waals surface area contributed by atoms with E-state index < -0.39 is 15.9 Å². The fourth-order valence-corrected chi connectivity index (χ4v) is 3.03. The van der Waals surface area contributed by atoms with Crippen molar-refractivity contribution in [2.75, 3.05) is 6.61 Å². The fraction of sp³-hybridized carbons (Fsp3) is 0.278. The first-order chi connectivity index (χ1) is 11.8. The maximum absolute atomic E-state index is 12.1. The van der Waals surface area contributed by atoms with Crippen molar-refractivity contribution in [2.24, 2.45) is 0 Å². The van der Waals surface area contributed by atoms with E-state index in [0.717, 1.165) is 11.1 Å². The van der Waals surface area contributed by atoms with Crippen molar-refractivity contribution in [1.82, 2.24) is 10.3 Å². The zero-order valence-electron chi connectivity index (χ0n) is 14.4. The predicted octanol–water partition coefficient (Wildman–Crippen LogP) is 2.51. The lowest BCUT2D eigenvalue weighted by atomic mass is 10.0. The highest BCUT2D eigenvalue weighted by Crippen LogP contribution is 2.25. The summed E-state index contributed by atoms with van der Waals surface area (Å²) in [5.41, 5.74) is 4.08. The lowest BCUT2D eigenvalue weighted by molar-refractivity contribution is -0.123. The fourth-order valence-electron chi connectivity index (χ4n) is 2.17. The van der Waals surface area contributed by atoms with Gasteiger partial charge in [0, 0.05) is 0 Å². The monoisotopic (exact) mass is 362 g/mol. The van der Waals surface area contributed by atoms with Gasteiger partial charge in [0.25, 0.3) is 15.9 Å². The minimum atomic E-state index is -3.81. The SMILES string of the molecule is Cc1ccc(S(=O)(=O)NNC(=O)COc2ccccc2C(C)C)cc1. The van der Waals surface area contributed by atoms with Gasteiger partial charge in [0.2, 0.25) is 0 Å². The summed E-state index contributed by atoms with van der Waals surface area (Å²) in [4.78, 5) is 14.0. The Morgan fingerprint density at radius 1 is 1.08 bits per heavy atom. The molecule has 0 spiro atoms. The van der Waals surface area contributed by atoms with E-state index in [0.29, 0.717) is 5.75 Å². The Labute approximate surface area is 148 Å². The molecule has 2 aromatic carbocycles. The molecular weight excluding hydrogens is 340 g/mol. The zero-order valence-corrected chi connectivity index (χ0v) is 15.3. The number of sulfonamides is 1. The molecule has 0 atom stereocenters. The second kappa shape index (κ2) is 8.13. The standard InChI is InChI=1S/C18H22N2O4S/c1-13(2)16-6-4-5-7-17(16)24-12-18(21)19-20-25(22,23)15-10-8-14(3)9-11-15/h4-11,13,20H,12H2,1-3H3,(H,19,21). The van der Waals surface area contributed by atoms with E-state index in [4.69, 9.17) is 4.74 Å². The molecule has 0 saturated heterocycles. The first-order valence-electron chi connectivity index (χ1n) is 7.88. The van der Waals surface area contributed by atoms with Crippen LogP contribution in [0.5, 0.6) is 5.75 Å². The molecule has 0 aliphatic heterocycles. The summed E-state index contributed by atoms with van der Waals surface area (Å²) in [5, 5.41) is 0. The number of carbonyl (C=O) groups is 1. The highest BCUT2D eigenvalue weighted by atomic mass is 32.2. The second-order valence-corrected chi connectivity index (χ2v) is 7.63. The first-order valence-corrected chi connectivity index (χ1v) is 9.37. The summed E-state index contributed by atoms with van der Waals surface area (Å²) in [6.45, 7) is 5.62. The van der Waals surface area contributed by atoms with Gasteiger partial charge in [-0.05, 0) is 36.6 Å². The van der Waals surface area contributed by atoms with Gasteiger partial charge in [0.1, 0.15) is 5.75 Å². The molecule has 1 amide bonds. The van der Waals surface area contributed by atoms with E-state index in [1.54, 1.807) is 18.2 Å². The summed E-state index contributed by atoms with van der Waals surface area (Å²) >= 11 is 0. The third-order valence-electron chi connectivity index (χ3n) is 3.56. The van der Waals surface area contributed by atoms with Gasteiger partial charge in [-0.1, -0.05) is 49.7 Å². The van der Waals surface area contributed by atoms with Crippen LogP contribution in [0.1, 0.15) is 30.9 Å².